The van der Waals surface area contributed by atoms with Crippen molar-refractivity contribution in [2.75, 3.05) is 4.90 Å². The van der Waals surface area contributed by atoms with Gasteiger partial charge in [-0.25, -0.2) is 4.98 Å². The van der Waals surface area contributed by atoms with Gasteiger partial charge in [0, 0.05) is 23.2 Å². The summed E-state index contributed by atoms with van der Waals surface area (Å²) in [7, 11) is 0. The quantitative estimate of drug-likeness (QED) is 0.199. The van der Waals surface area contributed by atoms with Crippen LogP contribution in [0.5, 0.6) is 0 Å². The van der Waals surface area contributed by atoms with E-state index in [0.717, 1.165) is 44.8 Å². The van der Waals surface area contributed by atoms with E-state index in [1.807, 2.05) is 36.5 Å². The molecule has 5 nitrogen and oxygen atoms in total. The van der Waals surface area contributed by atoms with Crippen molar-refractivity contribution in [2.24, 2.45) is 0 Å². The monoisotopic (exact) mass is 599 g/mol. The van der Waals surface area contributed by atoms with Crippen LogP contribution in [0.1, 0.15) is 27.8 Å². The van der Waals surface area contributed by atoms with E-state index in [2.05, 4.69) is 130 Å². The van der Waals surface area contributed by atoms with Crippen molar-refractivity contribution in [1.82, 2.24) is 14.5 Å². The summed E-state index contributed by atoms with van der Waals surface area (Å²) in [5.74, 6) is 1.62. The summed E-state index contributed by atoms with van der Waals surface area (Å²) in [5.41, 5.74) is 12.0. The molecule has 1 aliphatic carbocycles. The molecule has 0 amide bonds. The van der Waals surface area contributed by atoms with Gasteiger partial charge in [0.15, 0.2) is 0 Å². The van der Waals surface area contributed by atoms with Crippen LogP contribution in [0.3, 0.4) is 0 Å². The van der Waals surface area contributed by atoms with E-state index in [4.69, 9.17) is 4.98 Å². The van der Waals surface area contributed by atoms with E-state index in [-0.39, 0.29) is 0 Å². The summed E-state index contributed by atoms with van der Waals surface area (Å²) in [4.78, 5) is 12.1. The molecule has 0 N–H and O–H groups in total. The van der Waals surface area contributed by atoms with E-state index in [0.29, 0.717) is 5.56 Å². The van der Waals surface area contributed by atoms with Crippen LogP contribution in [0.25, 0.3) is 38.8 Å². The van der Waals surface area contributed by atoms with E-state index < -0.39 is 5.41 Å². The average Bonchev–Trinajstić information content (AvgIpc) is 3.63. The Morgan fingerprint density at radius 3 is 1.83 bits per heavy atom. The Labute approximate surface area is 271 Å². The Bertz CT molecular complexity index is 2530. The van der Waals surface area contributed by atoms with Crippen molar-refractivity contribution in [1.29, 1.82) is 5.26 Å². The molecule has 218 valence electrons. The van der Waals surface area contributed by atoms with E-state index >= 15 is 0 Å². The third-order valence-electron chi connectivity index (χ3n) is 9.92. The number of anilines is 3. The van der Waals surface area contributed by atoms with Gasteiger partial charge in [0.25, 0.3) is 0 Å². The smallest absolute Gasteiger partial charge is 0.140 e. The molecule has 0 radical (unpaired) electrons. The molecule has 4 heterocycles. The summed E-state index contributed by atoms with van der Waals surface area (Å²) in [5, 5.41) is 11.6. The van der Waals surface area contributed by atoms with Crippen LogP contribution in [0.15, 0.2) is 152 Å². The SMILES string of the molecule is N#Cc1ccc2c(c1)c1cnccc1n2-c1cccc(N2c3ccccc3C3(c4ccccc4-c4ccccc43)c3ccccc32)n1. The molecule has 10 rings (SSSR count). The number of hydrogen-bond donors (Lipinski definition) is 0. The van der Waals surface area contributed by atoms with E-state index in [9.17, 15) is 5.26 Å². The summed E-state index contributed by atoms with van der Waals surface area (Å²) >= 11 is 0. The molecule has 3 aromatic heterocycles. The second-order valence-corrected chi connectivity index (χ2v) is 12.1. The average molecular weight is 600 g/mol. The molecule has 47 heavy (non-hydrogen) atoms. The second kappa shape index (κ2) is 9.50. The number of nitrogens with zero attached hydrogens (tertiary/aromatic N) is 5. The molecule has 1 aliphatic heterocycles. The normalized spacial score (nSPS) is 13.6. The zero-order valence-corrected chi connectivity index (χ0v) is 25.2. The maximum atomic E-state index is 9.63. The number of pyridine rings is 2. The first-order chi connectivity index (χ1) is 23.3. The number of nitriles is 1. The number of aromatic nitrogens is 3. The van der Waals surface area contributed by atoms with Gasteiger partial charge in [0.1, 0.15) is 11.6 Å². The van der Waals surface area contributed by atoms with Crippen molar-refractivity contribution in [3.8, 4) is 23.0 Å². The Morgan fingerprint density at radius 2 is 1.15 bits per heavy atom. The van der Waals surface area contributed by atoms with Crippen molar-refractivity contribution >= 4 is 39.0 Å². The number of hydrogen-bond acceptors (Lipinski definition) is 4. The van der Waals surface area contributed by atoms with Gasteiger partial charge >= 0.3 is 0 Å². The minimum atomic E-state index is -0.466. The zero-order valence-electron chi connectivity index (χ0n) is 25.2. The highest BCUT2D eigenvalue weighted by molar-refractivity contribution is 6.09. The van der Waals surface area contributed by atoms with Crippen LogP contribution < -0.4 is 4.90 Å². The number of para-hydroxylation sites is 2. The first-order valence-corrected chi connectivity index (χ1v) is 15.7. The number of fused-ring (bicyclic) bond motifs is 12. The molecule has 0 saturated heterocycles. The Kier molecular flexibility index (Phi) is 5.21. The lowest BCUT2D eigenvalue weighted by molar-refractivity contribution is 0.751. The highest BCUT2D eigenvalue weighted by atomic mass is 15.2. The van der Waals surface area contributed by atoms with Gasteiger partial charge in [0.2, 0.25) is 0 Å². The van der Waals surface area contributed by atoms with E-state index in [1.165, 1.54) is 33.4 Å². The first kappa shape index (κ1) is 25.8. The van der Waals surface area contributed by atoms with Gasteiger partial charge in [0.05, 0.1) is 39.5 Å². The predicted molar refractivity (Wildman–Crippen MR) is 187 cm³/mol. The van der Waals surface area contributed by atoms with Gasteiger partial charge in [-0.1, -0.05) is 91.0 Å². The molecule has 0 atom stereocenters. The third kappa shape index (κ3) is 3.31. The zero-order chi connectivity index (χ0) is 31.1. The summed E-state index contributed by atoms with van der Waals surface area (Å²) in [6.45, 7) is 0. The van der Waals surface area contributed by atoms with Gasteiger partial charge in [-0.05, 0) is 81.9 Å². The third-order valence-corrected chi connectivity index (χ3v) is 9.92. The van der Waals surface area contributed by atoms with Crippen molar-refractivity contribution in [3.05, 3.63) is 180 Å². The fourth-order valence-electron chi connectivity index (χ4n) is 8.15. The second-order valence-electron chi connectivity index (χ2n) is 12.1. The molecular formula is C42H25N5. The van der Waals surface area contributed by atoms with Crippen LogP contribution in [0, 0.1) is 11.3 Å². The molecule has 8 aromatic rings. The standard InChI is InChI=1S/C42H25N5/c43-25-27-20-21-36-30(24-27)31-26-44-23-22-37(31)46(36)40-18-9-19-41(45-40)47-38-16-7-5-14-34(38)42(35-15-6-8-17-39(35)47)32-12-3-1-10-28(32)29-11-2-4-13-33(29)42/h1-24,26H. The lowest BCUT2D eigenvalue weighted by Gasteiger charge is -2.44. The number of benzene rings is 5. The van der Waals surface area contributed by atoms with Gasteiger partial charge in [-0.2, -0.15) is 5.26 Å². The van der Waals surface area contributed by atoms with Crippen LogP contribution >= 0.6 is 0 Å². The lowest BCUT2D eigenvalue weighted by Crippen LogP contribution is -2.36. The van der Waals surface area contributed by atoms with Crippen molar-refractivity contribution < 1.29 is 0 Å². The molecule has 5 heteroatoms. The highest BCUT2D eigenvalue weighted by Gasteiger charge is 2.51. The molecule has 0 bridgehead atoms. The summed E-state index contributed by atoms with van der Waals surface area (Å²) < 4.78 is 2.17. The topological polar surface area (TPSA) is 57.7 Å². The van der Waals surface area contributed by atoms with Gasteiger partial charge in [-0.15, -0.1) is 0 Å². The Hall–Kier alpha value is -6.51. The van der Waals surface area contributed by atoms with Gasteiger partial charge < -0.3 is 0 Å². The highest BCUT2D eigenvalue weighted by Crippen LogP contribution is 2.63. The minimum absolute atomic E-state index is 0.466. The van der Waals surface area contributed by atoms with Gasteiger partial charge in [-0.3, -0.25) is 14.5 Å². The Balaban J connectivity index is 1.24. The first-order valence-electron chi connectivity index (χ1n) is 15.7. The number of rotatable bonds is 2. The van der Waals surface area contributed by atoms with Crippen LogP contribution in [-0.4, -0.2) is 14.5 Å². The summed E-state index contributed by atoms with van der Waals surface area (Å²) in [6, 6.07) is 51.6. The molecule has 5 aromatic carbocycles. The van der Waals surface area contributed by atoms with Crippen LogP contribution in [0.4, 0.5) is 17.2 Å². The largest absolute Gasteiger partial charge is 0.294 e. The Morgan fingerprint density at radius 1 is 0.553 bits per heavy atom. The van der Waals surface area contributed by atoms with Crippen LogP contribution in [-0.2, 0) is 5.41 Å². The fraction of sp³-hybridized carbons (Fsp3) is 0.0238. The molecule has 0 unspecified atom stereocenters. The van der Waals surface area contributed by atoms with E-state index in [1.54, 1.807) is 6.20 Å². The lowest BCUT2D eigenvalue weighted by atomic mass is 9.65. The van der Waals surface area contributed by atoms with Crippen molar-refractivity contribution in [3.63, 3.8) is 0 Å². The molecule has 0 fully saturated rings. The van der Waals surface area contributed by atoms with Crippen LogP contribution in [0.2, 0.25) is 0 Å². The van der Waals surface area contributed by atoms with Crippen molar-refractivity contribution in [2.45, 2.75) is 5.41 Å². The predicted octanol–water partition coefficient (Wildman–Crippen LogP) is 9.59. The molecule has 1 spiro atoms. The maximum Gasteiger partial charge on any atom is 0.140 e. The summed E-state index contributed by atoms with van der Waals surface area (Å²) in [6.07, 6.45) is 3.67. The minimum Gasteiger partial charge on any atom is -0.294 e. The fourth-order valence-corrected chi connectivity index (χ4v) is 8.15. The molecular weight excluding hydrogens is 574 g/mol. The maximum absolute atomic E-state index is 9.63. The molecule has 2 aliphatic rings. The molecule has 0 saturated carbocycles.